The maximum absolute atomic E-state index is 13.5. The summed E-state index contributed by atoms with van der Waals surface area (Å²) >= 11 is 0. The predicted octanol–water partition coefficient (Wildman–Crippen LogP) is 7.24. The minimum Gasteiger partial charge on any atom is -0.488 e. The summed E-state index contributed by atoms with van der Waals surface area (Å²) in [5, 5.41) is 3.40. The van der Waals surface area contributed by atoms with Gasteiger partial charge in [0.05, 0.1) is 17.4 Å². The molecule has 2 amide bonds. The average molecular weight is 694 g/mol. The highest BCUT2D eigenvalue weighted by atomic mass is 19.4. The van der Waals surface area contributed by atoms with Crippen molar-refractivity contribution < 1.29 is 41.0 Å². The third-order valence-electron chi connectivity index (χ3n) is 8.29. The number of halogens is 5. The van der Waals surface area contributed by atoms with E-state index in [2.05, 4.69) is 15.2 Å². The van der Waals surface area contributed by atoms with Crippen LogP contribution in [0.3, 0.4) is 0 Å². The summed E-state index contributed by atoms with van der Waals surface area (Å²) in [4.78, 5) is 34.3. The Balaban J connectivity index is 1.03. The number of piperazine rings is 1. The van der Waals surface area contributed by atoms with Crippen LogP contribution in [0, 0.1) is 0 Å². The normalized spacial score (nSPS) is 13.9. The minimum atomic E-state index is -4.49. The first-order valence-electron chi connectivity index (χ1n) is 15.7. The van der Waals surface area contributed by atoms with Crippen LogP contribution in [0.25, 0.3) is 10.9 Å². The highest BCUT2D eigenvalue weighted by molar-refractivity contribution is 6.04. The number of alkyl halides is 5. The topological polar surface area (TPSA) is 88.9 Å². The van der Waals surface area contributed by atoms with Crippen LogP contribution in [0.5, 0.6) is 17.4 Å². The largest absolute Gasteiger partial charge is 0.488 e. The van der Waals surface area contributed by atoms with Crippen molar-refractivity contribution in [3.05, 3.63) is 114 Å². The Bertz CT molecular complexity index is 1960. The number of nitrogens with zero attached hydrogens (tertiary/aromatic N) is 4. The Kier molecular flexibility index (Phi) is 10.00. The van der Waals surface area contributed by atoms with Crippen molar-refractivity contribution in [2.24, 2.45) is 7.05 Å². The van der Waals surface area contributed by atoms with E-state index in [1.807, 2.05) is 40.8 Å². The van der Waals surface area contributed by atoms with Gasteiger partial charge >= 0.3 is 6.18 Å². The molecule has 2 aromatic heterocycles. The summed E-state index contributed by atoms with van der Waals surface area (Å²) < 4.78 is 76.0. The fourth-order valence-electron chi connectivity index (χ4n) is 5.63. The molecule has 5 aromatic rings. The number of anilines is 1. The molecule has 260 valence electrons. The van der Waals surface area contributed by atoms with Crippen molar-refractivity contribution in [2.75, 3.05) is 38.1 Å². The Morgan fingerprint density at radius 3 is 2.22 bits per heavy atom. The Morgan fingerprint density at radius 1 is 0.880 bits per heavy atom. The molecule has 0 atom stereocenters. The molecule has 9 nitrogen and oxygen atoms in total. The van der Waals surface area contributed by atoms with E-state index in [4.69, 9.17) is 9.47 Å². The standard InChI is InChI=1S/C36H32F5N5O4/c1-44-30-12-11-29(50-33-13-8-27(20-42-33)43-34(47)24-4-6-26(7-5-24)36(39,40)41)18-25(30)19-31(44)35(48)46-16-14-45(15-17-46)21-23-2-9-28(10-3-23)49-22-32(37)38/h2-13,18-20,32H,14-17,21-22H2,1H3,(H,43,47). The molecule has 1 aliphatic rings. The number of amides is 2. The molecule has 0 bridgehead atoms. The summed E-state index contributed by atoms with van der Waals surface area (Å²) in [6, 6.07) is 21.3. The number of ether oxygens (including phenoxy) is 2. The molecule has 1 fully saturated rings. The number of carbonyl (C=O) groups excluding carboxylic acids is 2. The van der Waals surface area contributed by atoms with Crippen molar-refractivity contribution in [3.8, 4) is 17.4 Å². The van der Waals surface area contributed by atoms with Gasteiger partial charge in [0.15, 0.2) is 0 Å². The van der Waals surface area contributed by atoms with Gasteiger partial charge in [0.2, 0.25) is 5.88 Å². The van der Waals surface area contributed by atoms with Gasteiger partial charge < -0.3 is 24.3 Å². The summed E-state index contributed by atoms with van der Waals surface area (Å²) in [5.74, 6) is 0.467. The second-order valence-electron chi connectivity index (χ2n) is 11.7. The lowest BCUT2D eigenvalue weighted by atomic mass is 10.1. The predicted molar refractivity (Wildman–Crippen MR) is 176 cm³/mol. The number of hydrogen-bond acceptors (Lipinski definition) is 6. The number of fused-ring (bicyclic) bond motifs is 1. The molecule has 1 N–H and O–H groups in total. The second kappa shape index (κ2) is 14.5. The van der Waals surface area contributed by atoms with Gasteiger partial charge in [-0.05, 0) is 72.3 Å². The van der Waals surface area contributed by atoms with E-state index in [0.717, 1.165) is 40.7 Å². The van der Waals surface area contributed by atoms with Crippen LogP contribution in [-0.4, -0.2) is 70.4 Å². The lowest BCUT2D eigenvalue weighted by Crippen LogP contribution is -2.48. The zero-order valence-electron chi connectivity index (χ0n) is 26.8. The number of aromatic nitrogens is 2. The zero-order chi connectivity index (χ0) is 35.4. The first-order chi connectivity index (χ1) is 23.9. The molecule has 50 heavy (non-hydrogen) atoms. The zero-order valence-corrected chi connectivity index (χ0v) is 26.8. The Morgan fingerprint density at radius 2 is 1.58 bits per heavy atom. The summed E-state index contributed by atoms with van der Waals surface area (Å²) in [6.07, 6.45) is -5.64. The lowest BCUT2D eigenvalue weighted by Gasteiger charge is -2.34. The number of rotatable bonds is 10. The van der Waals surface area contributed by atoms with Crippen molar-refractivity contribution in [1.29, 1.82) is 0 Å². The van der Waals surface area contributed by atoms with Gasteiger partial charge in [-0.3, -0.25) is 14.5 Å². The molecular weight excluding hydrogens is 661 g/mol. The molecule has 3 aromatic carbocycles. The van der Waals surface area contributed by atoms with Gasteiger partial charge in [-0.1, -0.05) is 12.1 Å². The van der Waals surface area contributed by atoms with Gasteiger partial charge in [-0.2, -0.15) is 13.2 Å². The van der Waals surface area contributed by atoms with Crippen molar-refractivity contribution in [2.45, 2.75) is 19.1 Å². The molecule has 0 radical (unpaired) electrons. The second-order valence-corrected chi connectivity index (χ2v) is 11.7. The van der Waals surface area contributed by atoms with Crippen LogP contribution in [0.15, 0.2) is 91.1 Å². The highest BCUT2D eigenvalue weighted by Crippen LogP contribution is 2.30. The van der Waals surface area contributed by atoms with Crippen LogP contribution < -0.4 is 14.8 Å². The van der Waals surface area contributed by atoms with Crippen LogP contribution >= 0.6 is 0 Å². The number of hydrogen-bond donors (Lipinski definition) is 1. The molecule has 6 rings (SSSR count). The molecule has 3 heterocycles. The van der Waals surface area contributed by atoms with Crippen LogP contribution in [0.4, 0.5) is 27.6 Å². The quantitative estimate of drug-likeness (QED) is 0.155. The average Bonchev–Trinajstić information content (AvgIpc) is 3.43. The molecule has 1 aliphatic heterocycles. The van der Waals surface area contributed by atoms with Crippen LogP contribution in [0.2, 0.25) is 0 Å². The molecule has 1 saturated heterocycles. The van der Waals surface area contributed by atoms with E-state index >= 15 is 0 Å². The maximum Gasteiger partial charge on any atom is 0.416 e. The van der Waals surface area contributed by atoms with Gasteiger partial charge in [-0.15, -0.1) is 0 Å². The molecular formula is C36H32F5N5O4. The van der Waals surface area contributed by atoms with Crippen molar-refractivity contribution in [1.82, 2.24) is 19.4 Å². The molecule has 0 saturated carbocycles. The monoisotopic (exact) mass is 693 g/mol. The fourth-order valence-corrected chi connectivity index (χ4v) is 5.63. The van der Waals surface area contributed by atoms with Gasteiger partial charge in [0.1, 0.15) is 23.8 Å². The number of aryl methyl sites for hydroxylation is 1. The number of pyridine rings is 1. The summed E-state index contributed by atoms with van der Waals surface area (Å²) in [6.45, 7) is 2.50. The number of carbonyl (C=O) groups is 2. The van der Waals surface area contributed by atoms with E-state index in [0.29, 0.717) is 55.6 Å². The van der Waals surface area contributed by atoms with E-state index in [-0.39, 0.29) is 17.4 Å². The lowest BCUT2D eigenvalue weighted by molar-refractivity contribution is -0.137. The Labute approximate surface area is 283 Å². The van der Waals surface area contributed by atoms with Gasteiger partial charge in [0.25, 0.3) is 18.2 Å². The molecule has 0 unspecified atom stereocenters. The molecule has 0 aliphatic carbocycles. The molecule has 0 spiro atoms. The highest BCUT2D eigenvalue weighted by Gasteiger charge is 2.30. The van der Waals surface area contributed by atoms with Crippen LogP contribution in [-0.2, 0) is 19.8 Å². The van der Waals surface area contributed by atoms with E-state index in [1.54, 1.807) is 36.4 Å². The van der Waals surface area contributed by atoms with E-state index in [9.17, 15) is 31.5 Å². The first kappa shape index (κ1) is 34.4. The van der Waals surface area contributed by atoms with E-state index in [1.165, 1.54) is 6.20 Å². The minimum absolute atomic E-state index is 0.0666. The third-order valence-corrected chi connectivity index (χ3v) is 8.29. The number of nitrogens with one attached hydrogen (secondary N) is 1. The maximum atomic E-state index is 13.5. The summed E-state index contributed by atoms with van der Waals surface area (Å²) in [7, 11) is 1.83. The fraction of sp³-hybridized carbons (Fsp3) is 0.250. The summed E-state index contributed by atoms with van der Waals surface area (Å²) in [5.41, 5.74) is 1.96. The number of benzene rings is 3. The first-order valence-corrected chi connectivity index (χ1v) is 15.7. The van der Waals surface area contributed by atoms with E-state index < -0.39 is 30.7 Å². The van der Waals surface area contributed by atoms with Crippen molar-refractivity contribution in [3.63, 3.8) is 0 Å². The van der Waals surface area contributed by atoms with Gasteiger partial charge in [0, 0.05) is 62.3 Å². The smallest absolute Gasteiger partial charge is 0.416 e. The SMILES string of the molecule is Cn1c(C(=O)N2CCN(Cc3ccc(OCC(F)F)cc3)CC2)cc2cc(Oc3ccc(NC(=O)c4ccc(C(F)(F)F)cc4)cn3)ccc21. The van der Waals surface area contributed by atoms with Crippen LogP contribution in [0.1, 0.15) is 32.0 Å². The third kappa shape index (κ3) is 8.20. The van der Waals surface area contributed by atoms with Crippen molar-refractivity contribution >= 4 is 28.4 Å². The molecule has 14 heteroatoms. The van der Waals surface area contributed by atoms with Gasteiger partial charge in [-0.25, -0.2) is 13.8 Å². The Hall–Kier alpha value is -5.50.